The molecule has 32 heavy (non-hydrogen) atoms. The molecule has 0 radical (unpaired) electrons. The van der Waals surface area contributed by atoms with Crippen molar-refractivity contribution in [2.75, 3.05) is 30.8 Å². The van der Waals surface area contributed by atoms with Gasteiger partial charge in [-0.25, -0.2) is 13.2 Å². The van der Waals surface area contributed by atoms with E-state index < -0.39 is 16.1 Å². The molecule has 0 saturated heterocycles. The minimum atomic E-state index is -3.62. The van der Waals surface area contributed by atoms with Gasteiger partial charge in [-0.2, -0.15) is 0 Å². The molecule has 0 saturated carbocycles. The van der Waals surface area contributed by atoms with E-state index in [1.54, 1.807) is 42.5 Å². The van der Waals surface area contributed by atoms with E-state index in [-0.39, 0.29) is 12.5 Å². The van der Waals surface area contributed by atoms with E-state index in [9.17, 15) is 18.0 Å². The number of ether oxygens (including phenoxy) is 1. The number of carbonyl (C=O) groups excluding carboxylic acids is 2. The van der Waals surface area contributed by atoms with Gasteiger partial charge in [-0.1, -0.05) is 35.3 Å². The first kappa shape index (κ1) is 25.8. The summed E-state index contributed by atoms with van der Waals surface area (Å²) < 4.78 is 30.4. The molecule has 0 fully saturated rings. The molecule has 8 nitrogen and oxygen atoms in total. The van der Waals surface area contributed by atoms with Crippen LogP contribution in [0.15, 0.2) is 42.5 Å². The number of nitrogens with one attached hydrogen (secondary N) is 2. The summed E-state index contributed by atoms with van der Waals surface area (Å²) in [5.41, 5.74) is 1.36. The lowest BCUT2D eigenvalue weighted by Gasteiger charge is -2.23. The van der Waals surface area contributed by atoms with Gasteiger partial charge >= 0.3 is 6.09 Å². The molecule has 2 aromatic rings. The summed E-state index contributed by atoms with van der Waals surface area (Å²) in [7, 11) is -2.32. The van der Waals surface area contributed by atoms with E-state index in [0.717, 1.165) is 6.26 Å². The Morgan fingerprint density at radius 3 is 2.22 bits per heavy atom. The number of alkyl carbamates (subject to hydrolysis) is 1. The average Bonchev–Trinajstić information content (AvgIpc) is 2.76. The summed E-state index contributed by atoms with van der Waals surface area (Å²) in [5.74, 6) is -0.277. The maximum absolute atomic E-state index is 12.4. The first-order valence-corrected chi connectivity index (χ1v) is 12.3. The minimum Gasteiger partial charge on any atom is -0.453 e. The number of unbranched alkanes of at least 4 members (excludes halogenated alkanes) is 1. The Balaban J connectivity index is 1.99. The van der Waals surface area contributed by atoms with Gasteiger partial charge in [0, 0.05) is 18.7 Å². The Morgan fingerprint density at radius 1 is 1.00 bits per heavy atom. The van der Waals surface area contributed by atoms with Gasteiger partial charge in [-0.15, -0.1) is 0 Å². The summed E-state index contributed by atoms with van der Waals surface area (Å²) in [6, 6.07) is 11.3. The first-order chi connectivity index (χ1) is 15.1. The normalized spacial score (nSPS) is 11.0. The Morgan fingerprint density at radius 2 is 1.62 bits per heavy atom. The second-order valence-electron chi connectivity index (χ2n) is 6.91. The molecule has 2 aromatic carbocycles. The van der Waals surface area contributed by atoms with E-state index in [0.29, 0.717) is 52.8 Å². The van der Waals surface area contributed by atoms with Crippen LogP contribution in [0, 0.1) is 0 Å². The summed E-state index contributed by atoms with van der Waals surface area (Å²) >= 11 is 12.2. The fourth-order valence-corrected chi connectivity index (χ4v) is 4.08. The highest BCUT2D eigenvalue weighted by molar-refractivity contribution is 7.92. The van der Waals surface area contributed by atoms with Crippen molar-refractivity contribution in [1.82, 2.24) is 10.6 Å². The van der Waals surface area contributed by atoms with Crippen LogP contribution in [0.5, 0.6) is 0 Å². The molecule has 0 bridgehead atoms. The van der Waals surface area contributed by atoms with Gasteiger partial charge in [-0.05, 0) is 48.7 Å². The standard InChI is InChI=1S/C21H25Cl2N3O5S/c1-31-21(28)25-13-4-3-12-24-20(27)15-8-10-17(11-9-15)26(32(2,29)30)14-16-6-5-7-18(22)19(16)23/h5-11H,3-4,12-14H2,1-2H3,(H,24,27)(H,25,28). The molecule has 2 rings (SSSR count). The third-order valence-corrected chi connectivity index (χ3v) is 6.51. The summed E-state index contributed by atoms with van der Waals surface area (Å²) in [4.78, 5) is 23.3. The van der Waals surface area contributed by atoms with Crippen molar-refractivity contribution in [3.8, 4) is 0 Å². The van der Waals surface area contributed by atoms with Crippen molar-refractivity contribution in [2.24, 2.45) is 0 Å². The molecule has 0 aliphatic carbocycles. The fourth-order valence-electron chi connectivity index (χ4n) is 2.82. The maximum atomic E-state index is 12.4. The molecule has 2 amide bonds. The van der Waals surface area contributed by atoms with E-state index in [1.165, 1.54) is 11.4 Å². The van der Waals surface area contributed by atoms with Gasteiger partial charge in [0.15, 0.2) is 0 Å². The number of methoxy groups -OCH3 is 1. The molecule has 2 N–H and O–H groups in total. The minimum absolute atomic E-state index is 0.00335. The van der Waals surface area contributed by atoms with Gasteiger partial charge < -0.3 is 15.4 Å². The average molecular weight is 502 g/mol. The van der Waals surface area contributed by atoms with Gasteiger partial charge in [0.25, 0.3) is 5.91 Å². The van der Waals surface area contributed by atoms with Gasteiger partial charge in [0.2, 0.25) is 10.0 Å². The Bertz CT molecular complexity index is 1050. The molecule has 0 spiro atoms. The zero-order chi connectivity index (χ0) is 23.7. The van der Waals surface area contributed by atoms with E-state index in [4.69, 9.17) is 23.2 Å². The first-order valence-electron chi connectivity index (χ1n) is 9.74. The van der Waals surface area contributed by atoms with E-state index in [2.05, 4.69) is 15.4 Å². The van der Waals surface area contributed by atoms with Crippen LogP contribution in [-0.4, -0.2) is 46.9 Å². The Hall–Kier alpha value is -2.49. The van der Waals surface area contributed by atoms with Crippen LogP contribution >= 0.6 is 23.2 Å². The number of anilines is 1. The van der Waals surface area contributed by atoms with Crippen LogP contribution in [0.3, 0.4) is 0 Å². The molecular weight excluding hydrogens is 477 g/mol. The van der Waals surface area contributed by atoms with Crippen LogP contribution in [0.1, 0.15) is 28.8 Å². The maximum Gasteiger partial charge on any atom is 0.406 e. The molecule has 0 aliphatic rings. The van der Waals surface area contributed by atoms with Crippen molar-refractivity contribution in [2.45, 2.75) is 19.4 Å². The summed E-state index contributed by atoms with van der Waals surface area (Å²) in [6.07, 6.45) is 1.97. The van der Waals surface area contributed by atoms with Crippen LogP contribution in [0.4, 0.5) is 10.5 Å². The monoisotopic (exact) mass is 501 g/mol. The molecule has 174 valence electrons. The second-order valence-corrected chi connectivity index (χ2v) is 9.60. The Kier molecular flexibility index (Phi) is 9.61. The molecule has 0 aliphatic heterocycles. The lowest BCUT2D eigenvalue weighted by atomic mass is 10.1. The van der Waals surface area contributed by atoms with Crippen molar-refractivity contribution in [3.63, 3.8) is 0 Å². The zero-order valence-electron chi connectivity index (χ0n) is 17.7. The third kappa shape index (κ3) is 7.58. The topological polar surface area (TPSA) is 105 Å². The molecule has 0 unspecified atom stereocenters. The lowest BCUT2D eigenvalue weighted by Crippen LogP contribution is -2.30. The smallest absolute Gasteiger partial charge is 0.406 e. The summed E-state index contributed by atoms with van der Waals surface area (Å²) in [6.45, 7) is 0.894. The largest absolute Gasteiger partial charge is 0.453 e. The molecule has 0 aromatic heterocycles. The van der Waals surface area contributed by atoms with Crippen LogP contribution in [0.2, 0.25) is 10.0 Å². The van der Waals surface area contributed by atoms with E-state index in [1.807, 2.05) is 0 Å². The SMILES string of the molecule is COC(=O)NCCCCNC(=O)c1ccc(N(Cc2cccc(Cl)c2Cl)S(C)(=O)=O)cc1. The van der Waals surface area contributed by atoms with Crippen molar-refractivity contribution in [1.29, 1.82) is 0 Å². The lowest BCUT2D eigenvalue weighted by molar-refractivity contribution is 0.0952. The highest BCUT2D eigenvalue weighted by Crippen LogP contribution is 2.29. The number of sulfonamides is 1. The predicted molar refractivity (Wildman–Crippen MR) is 126 cm³/mol. The van der Waals surface area contributed by atoms with Gasteiger partial charge in [0.05, 0.1) is 35.6 Å². The highest BCUT2D eigenvalue weighted by Gasteiger charge is 2.20. The molecule has 0 atom stereocenters. The number of carbonyl (C=O) groups is 2. The fraction of sp³-hybridized carbons (Fsp3) is 0.333. The number of halogens is 2. The number of nitrogens with zero attached hydrogens (tertiary/aromatic N) is 1. The van der Waals surface area contributed by atoms with Gasteiger partial charge in [0.1, 0.15) is 0 Å². The van der Waals surface area contributed by atoms with Crippen molar-refractivity contribution >= 4 is 50.9 Å². The van der Waals surface area contributed by atoms with Crippen molar-refractivity contribution in [3.05, 3.63) is 63.6 Å². The number of amides is 2. The third-order valence-electron chi connectivity index (χ3n) is 4.51. The van der Waals surface area contributed by atoms with Crippen molar-refractivity contribution < 1.29 is 22.7 Å². The number of rotatable bonds is 10. The Labute approximate surface area is 197 Å². The van der Waals surface area contributed by atoms with Gasteiger partial charge in [-0.3, -0.25) is 9.10 Å². The zero-order valence-corrected chi connectivity index (χ0v) is 20.1. The number of hydrogen-bond acceptors (Lipinski definition) is 5. The number of hydrogen-bond donors (Lipinski definition) is 2. The number of benzene rings is 2. The predicted octanol–water partition coefficient (Wildman–Crippen LogP) is 3.83. The molecule has 11 heteroatoms. The van der Waals surface area contributed by atoms with Crippen LogP contribution < -0.4 is 14.9 Å². The van der Waals surface area contributed by atoms with Crippen LogP contribution in [-0.2, 0) is 21.3 Å². The van der Waals surface area contributed by atoms with Crippen LogP contribution in [0.25, 0.3) is 0 Å². The second kappa shape index (κ2) is 11.9. The quantitative estimate of drug-likeness (QED) is 0.481. The molecular formula is C21H25Cl2N3O5S. The van der Waals surface area contributed by atoms with E-state index >= 15 is 0 Å². The molecule has 0 heterocycles. The highest BCUT2D eigenvalue weighted by atomic mass is 35.5. The summed E-state index contributed by atoms with van der Waals surface area (Å²) in [5, 5.41) is 5.98.